The van der Waals surface area contributed by atoms with E-state index in [0.29, 0.717) is 6.54 Å². The molecule has 1 unspecified atom stereocenters. The number of rotatable bonds is 5. The lowest BCUT2D eigenvalue weighted by atomic mass is 9.99. The SMILES string of the molecule is CCN(c1cccc(F)c1)C(CN)c1ccccc1C. The van der Waals surface area contributed by atoms with Crippen molar-refractivity contribution < 1.29 is 4.39 Å². The Kier molecular flexibility index (Phi) is 4.74. The second kappa shape index (κ2) is 6.53. The highest BCUT2D eigenvalue weighted by Crippen LogP contribution is 2.28. The smallest absolute Gasteiger partial charge is 0.125 e. The van der Waals surface area contributed by atoms with E-state index in [2.05, 4.69) is 30.9 Å². The van der Waals surface area contributed by atoms with Gasteiger partial charge < -0.3 is 10.6 Å². The van der Waals surface area contributed by atoms with E-state index >= 15 is 0 Å². The van der Waals surface area contributed by atoms with Crippen molar-refractivity contribution in [1.29, 1.82) is 0 Å². The van der Waals surface area contributed by atoms with Crippen LogP contribution in [-0.2, 0) is 0 Å². The summed E-state index contributed by atoms with van der Waals surface area (Å²) in [6.45, 7) is 5.41. The predicted molar refractivity (Wildman–Crippen MR) is 82.4 cm³/mol. The topological polar surface area (TPSA) is 29.3 Å². The first-order valence-electron chi connectivity index (χ1n) is 6.95. The Morgan fingerprint density at radius 2 is 1.90 bits per heavy atom. The third-order valence-corrected chi connectivity index (χ3v) is 3.63. The summed E-state index contributed by atoms with van der Waals surface area (Å²) in [7, 11) is 0. The summed E-state index contributed by atoms with van der Waals surface area (Å²) >= 11 is 0. The number of nitrogens with two attached hydrogens (primary N) is 1. The average Bonchev–Trinajstić information content (AvgIpc) is 2.45. The van der Waals surface area contributed by atoms with Crippen molar-refractivity contribution in [3.8, 4) is 0 Å². The fraction of sp³-hybridized carbons (Fsp3) is 0.294. The molecule has 3 heteroatoms. The molecule has 0 aromatic heterocycles. The van der Waals surface area contributed by atoms with Gasteiger partial charge in [-0.2, -0.15) is 0 Å². The van der Waals surface area contributed by atoms with Crippen LogP contribution in [0.2, 0.25) is 0 Å². The standard InChI is InChI=1S/C17H21FN2/c1-3-20(15-9-6-8-14(18)11-15)17(12-19)16-10-5-4-7-13(16)2/h4-11,17H,3,12,19H2,1-2H3. The van der Waals surface area contributed by atoms with Crippen molar-refractivity contribution in [3.63, 3.8) is 0 Å². The van der Waals surface area contributed by atoms with Gasteiger partial charge >= 0.3 is 0 Å². The van der Waals surface area contributed by atoms with Crippen LogP contribution in [0.3, 0.4) is 0 Å². The van der Waals surface area contributed by atoms with Crippen LogP contribution in [-0.4, -0.2) is 13.1 Å². The molecule has 0 bridgehead atoms. The molecule has 0 amide bonds. The maximum atomic E-state index is 13.5. The van der Waals surface area contributed by atoms with E-state index in [9.17, 15) is 4.39 Å². The predicted octanol–water partition coefficient (Wildman–Crippen LogP) is 3.66. The first kappa shape index (κ1) is 14.5. The Morgan fingerprint density at radius 3 is 2.50 bits per heavy atom. The lowest BCUT2D eigenvalue weighted by Crippen LogP contribution is -2.34. The van der Waals surface area contributed by atoms with Crippen LogP contribution < -0.4 is 10.6 Å². The van der Waals surface area contributed by atoms with Crippen molar-refractivity contribution in [2.24, 2.45) is 5.73 Å². The third kappa shape index (κ3) is 2.99. The summed E-state index contributed by atoms with van der Waals surface area (Å²) in [4.78, 5) is 2.14. The Morgan fingerprint density at radius 1 is 1.15 bits per heavy atom. The van der Waals surface area contributed by atoms with E-state index in [0.717, 1.165) is 12.2 Å². The lowest BCUT2D eigenvalue weighted by Gasteiger charge is -2.33. The summed E-state index contributed by atoms with van der Waals surface area (Å²) < 4.78 is 13.5. The monoisotopic (exact) mass is 272 g/mol. The number of hydrogen-bond acceptors (Lipinski definition) is 2. The average molecular weight is 272 g/mol. The van der Waals surface area contributed by atoms with Gasteiger partial charge in [0.15, 0.2) is 0 Å². The molecule has 0 aliphatic heterocycles. The summed E-state index contributed by atoms with van der Waals surface area (Å²) in [5.74, 6) is -0.221. The molecule has 2 aromatic carbocycles. The van der Waals surface area contributed by atoms with E-state index in [1.54, 1.807) is 12.1 Å². The Hall–Kier alpha value is -1.87. The number of benzene rings is 2. The highest BCUT2D eigenvalue weighted by molar-refractivity contribution is 5.50. The van der Waals surface area contributed by atoms with E-state index in [1.165, 1.54) is 17.2 Å². The first-order valence-corrected chi connectivity index (χ1v) is 6.95. The molecular weight excluding hydrogens is 251 g/mol. The quantitative estimate of drug-likeness (QED) is 0.900. The van der Waals surface area contributed by atoms with Crippen molar-refractivity contribution >= 4 is 5.69 Å². The first-order chi connectivity index (χ1) is 9.67. The van der Waals surface area contributed by atoms with Gasteiger partial charge in [0, 0.05) is 18.8 Å². The number of aryl methyl sites for hydroxylation is 1. The Labute approximate surface area is 120 Å². The molecule has 2 N–H and O–H groups in total. The molecular formula is C17H21FN2. The molecule has 0 saturated carbocycles. The van der Waals surface area contributed by atoms with Crippen molar-refractivity contribution in [2.45, 2.75) is 19.9 Å². The van der Waals surface area contributed by atoms with Gasteiger partial charge in [-0.05, 0) is 43.2 Å². The van der Waals surface area contributed by atoms with Crippen LogP contribution in [0, 0.1) is 12.7 Å². The van der Waals surface area contributed by atoms with Crippen LogP contribution in [0.15, 0.2) is 48.5 Å². The zero-order valence-corrected chi connectivity index (χ0v) is 12.0. The van der Waals surface area contributed by atoms with E-state index in [4.69, 9.17) is 5.73 Å². The van der Waals surface area contributed by atoms with Crippen LogP contribution in [0.1, 0.15) is 24.1 Å². The summed E-state index contributed by atoms with van der Waals surface area (Å²) in [6, 6.07) is 14.9. The largest absolute Gasteiger partial charge is 0.363 e. The Bertz CT molecular complexity index is 568. The molecule has 0 aliphatic carbocycles. The van der Waals surface area contributed by atoms with Gasteiger partial charge in [0.25, 0.3) is 0 Å². The van der Waals surface area contributed by atoms with Gasteiger partial charge in [-0.25, -0.2) is 4.39 Å². The van der Waals surface area contributed by atoms with Crippen molar-refractivity contribution in [1.82, 2.24) is 0 Å². The summed E-state index contributed by atoms with van der Waals surface area (Å²) in [5.41, 5.74) is 9.26. The fourth-order valence-electron chi connectivity index (χ4n) is 2.62. The molecule has 2 nitrogen and oxygen atoms in total. The highest BCUT2D eigenvalue weighted by Gasteiger charge is 2.19. The van der Waals surface area contributed by atoms with Gasteiger partial charge in [-0.3, -0.25) is 0 Å². The number of likely N-dealkylation sites (N-methyl/N-ethyl adjacent to an activating group) is 1. The van der Waals surface area contributed by atoms with Crippen LogP contribution in [0.4, 0.5) is 10.1 Å². The molecule has 0 heterocycles. The summed E-state index contributed by atoms with van der Waals surface area (Å²) in [6.07, 6.45) is 0. The second-order valence-corrected chi connectivity index (χ2v) is 4.87. The van der Waals surface area contributed by atoms with E-state index < -0.39 is 0 Å². The second-order valence-electron chi connectivity index (χ2n) is 4.87. The highest BCUT2D eigenvalue weighted by atomic mass is 19.1. The summed E-state index contributed by atoms with van der Waals surface area (Å²) in [5, 5.41) is 0. The van der Waals surface area contributed by atoms with Gasteiger partial charge in [-0.15, -0.1) is 0 Å². The van der Waals surface area contributed by atoms with Gasteiger partial charge in [0.2, 0.25) is 0 Å². The molecule has 2 rings (SSSR count). The minimum Gasteiger partial charge on any atom is -0.363 e. The fourth-order valence-corrected chi connectivity index (χ4v) is 2.62. The van der Waals surface area contributed by atoms with E-state index in [1.807, 2.05) is 18.2 Å². The van der Waals surface area contributed by atoms with Crippen LogP contribution >= 0.6 is 0 Å². The molecule has 0 spiro atoms. The maximum Gasteiger partial charge on any atom is 0.125 e. The van der Waals surface area contributed by atoms with Crippen LogP contribution in [0.25, 0.3) is 0 Å². The third-order valence-electron chi connectivity index (χ3n) is 3.63. The lowest BCUT2D eigenvalue weighted by molar-refractivity contribution is 0.615. The molecule has 0 saturated heterocycles. The molecule has 0 radical (unpaired) electrons. The zero-order valence-electron chi connectivity index (χ0n) is 12.0. The van der Waals surface area contributed by atoms with E-state index in [-0.39, 0.29) is 11.9 Å². The van der Waals surface area contributed by atoms with Crippen LogP contribution in [0.5, 0.6) is 0 Å². The van der Waals surface area contributed by atoms with Crippen molar-refractivity contribution in [3.05, 3.63) is 65.5 Å². The minimum atomic E-state index is -0.221. The molecule has 1 atom stereocenters. The van der Waals surface area contributed by atoms with Gasteiger partial charge in [0.1, 0.15) is 5.82 Å². The number of hydrogen-bond donors (Lipinski definition) is 1. The zero-order chi connectivity index (χ0) is 14.5. The molecule has 0 fully saturated rings. The minimum absolute atomic E-state index is 0.0583. The molecule has 2 aromatic rings. The Balaban J connectivity index is 2.40. The molecule has 20 heavy (non-hydrogen) atoms. The maximum absolute atomic E-state index is 13.5. The molecule has 0 aliphatic rings. The number of halogens is 1. The number of anilines is 1. The van der Waals surface area contributed by atoms with Crippen molar-refractivity contribution in [2.75, 3.05) is 18.0 Å². The molecule has 106 valence electrons. The normalized spacial score (nSPS) is 12.2. The van der Waals surface area contributed by atoms with Gasteiger partial charge in [0.05, 0.1) is 6.04 Å². The number of nitrogens with zero attached hydrogens (tertiary/aromatic N) is 1. The van der Waals surface area contributed by atoms with Gasteiger partial charge in [-0.1, -0.05) is 30.3 Å².